The lowest BCUT2D eigenvalue weighted by atomic mass is 9.86. The molecule has 3 atom stereocenters. The maximum Gasteiger partial charge on any atom is 0.00273 e. The van der Waals surface area contributed by atoms with E-state index in [1.165, 1.54) is 24.6 Å². The maximum absolute atomic E-state index is 7.08. The van der Waals surface area contributed by atoms with Crippen molar-refractivity contribution in [2.75, 3.05) is 0 Å². The van der Waals surface area contributed by atoms with Crippen LogP contribution < -0.4 is 0 Å². The Morgan fingerprint density at radius 1 is 1.38 bits per heavy atom. The van der Waals surface area contributed by atoms with Crippen LogP contribution in [0.25, 0.3) is 0 Å². The quantitative estimate of drug-likeness (QED) is 0.531. The molecule has 4 bridgehead atoms. The van der Waals surface area contributed by atoms with E-state index in [1.54, 1.807) is 12.8 Å². The molecule has 1 nitrogen and oxygen atoms in total. The average molecular weight is 217 g/mol. The Kier molecular flexibility index (Phi) is 2.28. The van der Waals surface area contributed by atoms with Gasteiger partial charge in [-0.05, 0) is 67.9 Å². The third-order valence-corrected chi connectivity index (χ3v) is 5.85. The van der Waals surface area contributed by atoms with Crippen LogP contribution in [-0.2, 0) is 0 Å². The Hall–Kier alpha value is -0.590. The zero-order chi connectivity index (χ0) is 11.3. The number of nitrogens with one attached hydrogen (secondary N) is 1. The first-order valence-corrected chi connectivity index (χ1v) is 6.82. The Morgan fingerprint density at radius 3 is 2.56 bits per heavy atom. The fraction of sp³-hybridized carbons (Fsp3) is 0.800. The molecule has 4 saturated carbocycles. The lowest BCUT2D eigenvalue weighted by Gasteiger charge is -2.19. The average Bonchev–Trinajstić information content (AvgIpc) is 2.65. The highest BCUT2D eigenvalue weighted by Crippen LogP contribution is 2.82. The summed E-state index contributed by atoms with van der Waals surface area (Å²) in [5.41, 5.74) is 2.14. The molecule has 0 aromatic rings. The normalized spacial score (nSPS) is 48.5. The van der Waals surface area contributed by atoms with Crippen molar-refractivity contribution in [1.82, 2.24) is 0 Å². The van der Waals surface area contributed by atoms with E-state index in [0.29, 0.717) is 0 Å². The molecule has 0 amide bonds. The summed E-state index contributed by atoms with van der Waals surface area (Å²) in [7, 11) is 0. The van der Waals surface area contributed by atoms with Gasteiger partial charge in [-0.2, -0.15) is 0 Å². The number of rotatable bonds is 5. The van der Waals surface area contributed by atoms with Crippen molar-refractivity contribution in [2.24, 2.45) is 29.1 Å². The monoisotopic (exact) mass is 217 g/mol. The Bertz CT molecular complexity index is 329. The van der Waals surface area contributed by atoms with Gasteiger partial charge in [0.05, 0.1) is 0 Å². The van der Waals surface area contributed by atoms with Crippen molar-refractivity contribution >= 4 is 6.21 Å². The van der Waals surface area contributed by atoms with Gasteiger partial charge in [-0.15, -0.1) is 0 Å². The summed E-state index contributed by atoms with van der Waals surface area (Å²) >= 11 is 0. The predicted molar refractivity (Wildman–Crippen MR) is 67.7 cm³/mol. The zero-order valence-electron chi connectivity index (χ0n) is 10.5. The Morgan fingerprint density at radius 2 is 2.06 bits per heavy atom. The summed E-state index contributed by atoms with van der Waals surface area (Å²) in [6, 6.07) is 0. The van der Waals surface area contributed by atoms with E-state index in [2.05, 4.69) is 19.9 Å². The molecular weight excluding hydrogens is 194 g/mol. The van der Waals surface area contributed by atoms with Gasteiger partial charge in [0.15, 0.2) is 0 Å². The highest BCUT2D eigenvalue weighted by molar-refractivity contribution is 5.56. The topological polar surface area (TPSA) is 23.9 Å². The first kappa shape index (κ1) is 10.6. The van der Waals surface area contributed by atoms with Crippen LogP contribution in [0.3, 0.4) is 0 Å². The van der Waals surface area contributed by atoms with Crippen LogP contribution in [0.15, 0.2) is 11.6 Å². The number of allylic oxidation sites excluding steroid dienone is 2. The zero-order valence-corrected chi connectivity index (χ0v) is 10.5. The van der Waals surface area contributed by atoms with Crippen LogP contribution in [0.4, 0.5) is 0 Å². The van der Waals surface area contributed by atoms with Crippen LogP contribution in [0.1, 0.15) is 46.0 Å². The molecule has 0 saturated heterocycles. The molecule has 1 N–H and O–H groups in total. The Balaban J connectivity index is 1.54. The van der Waals surface area contributed by atoms with Gasteiger partial charge in [0.25, 0.3) is 0 Å². The van der Waals surface area contributed by atoms with Gasteiger partial charge >= 0.3 is 0 Å². The Labute approximate surface area is 98.8 Å². The van der Waals surface area contributed by atoms with Gasteiger partial charge in [-0.3, -0.25) is 0 Å². The van der Waals surface area contributed by atoms with Crippen LogP contribution >= 0.6 is 0 Å². The fourth-order valence-corrected chi connectivity index (χ4v) is 4.99. The van der Waals surface area contributed by atoms with Crippen molar-refractivity contribution < 1.29 is 0 Å². The first-order chi connectivity index (χ1) is 7.67. The van der Waals surface area contributed by atoms with Gasteiger partial charge in [-0.25, -0.2) is 0 Å². The highest BCUT2D eigenvalue weighted by Gasteiger charge is 2.75. The molecule has 0 heterocycles. The molecule has 4 aliphatic carbocycles. The predicted octanol–water partition coefficient (Wildman–Crippen LogP) is 4.04. The third kappa shape index (κ3) is 1.26. The maximum atomic E-state index is 7.08. The number of hydrogen-bond acceptors (Lipinski definition) is 1. The second-order valence-electron chi connectivity index (χ2n) is 6.45. The van der Waals surface area contributed by atoms with Crippen molar-refractivity contribution in [3.8, 4) is 0 Å². The molecular formula is C15H23N. The van der Waals surface area contributed by atoms with Crippen LogP contribution in [0, 0.1) is 34.5 Å². The molecule has 16 heavy (non-hydrogen) atoms. The van der Waals surface area contributed by atoms with E-state index in [0.717, 1.165) is 35.5 Å². The smallest absolute Gasteiger partial charge is 0.00273 e. The second-order valence-corrected chi connectivity index (χ2v) is 6.45. The molecule has 0 spiro atoms. The first-order valence-electron chi connectivity index (χ1n) is 6.82. The summed E-state index contributed by atoms with van der Waals surface area (Å²) in [4.78, 5) is 0. The molecule has 2 unspecified atom stereocenters. The van der Waals surface area contributed by atoms with Gasteiger partial charge < -0.3 is 5.41 Å². The number of hydrogen-bond donors (Lipinski definition) is 1. The SMILES string of the molecule is C/C(=C\CC[C@@H]1C2CC3C(C2)C31C)CC=N. The molecule has 0 aromatic heterocycles. The van der Waals surface area contributed by atoms with Crippen molar-refractivity contribution in [2.45, 2.75) is 46.0 Å². The van der Waals surface area contributed by atoms with E-state index in [4.69, 9.17) is 5.41 Å². The summed E-state index contributed by atoms with van der Waals surface area (Å²) < 4.78 is 0. The molecule has 0 aromatic carbocycles. The van der Waals surface area contributed by atoms with Crippen LogP contribution in [0.5, 0.6) is 0 Å². The fourth-order valence-electron chi connectivity index (χ4n) is 4.99. The van der Waals surface area contributed by atoms with Gasteiger partial charge in [0, 0.05) is 6.42 Å². The minimum atomic E-state index is 0.772. The standard InChI is InChI=1S/C15H23N/c1-10(6-7-16)4-3-5-12-11-8-13-14(9-11)15(12,13)2/h4,7,11-14,16H,3,5-6,8-9H2,1-2H3/b10-4+,16-7?/t11?,12-,13?,14?,15?/m1/s1. The molecule has 4 rings (SSSR count). The van der Waals surface area contributed by atoms with Gasteiger partial charge in [-0.1, -0.05) is 18.6 Å². The lowest BCUT2D eigenvalue weighted by molar-refractivity contribution is 0.313. The van der Waals surface area contributed by atoms with Crippen LogP contribution in [0.2, 0.25) is 0 Å². The second kappa shape index (κ2) is 3.45. The minimum absolute atomic E-state index is 0.772. The third-order valence-electron chi connectivity index (χ3n) is 5.85. The largest absolute Gasteiger partial charge is 0.313 e. The van der Waals surface area contributed by atoms with Gasteiger partial charge in [0.2, 0.25) is 0 Å². The van der Waals surface area contributed by atoms with Crippen molar-refractivity contribution in [3.63, 3.8) is 0 Å². The summed E-state index contributed by atoms with van der Waals surface area (Å²) in [6.45, 7) is 4.70. The summed E-state index contributed by atoms with van der Waals surface area (Å²) in [5.74, 6) is 4.35. The van der Waals surface area contributed by atoms with Gasteiger partial charge in [0.1, 0.15) is 0 Å². The van der Waals surface area contributed by atoms with Crippen molar-refractivity contribution in [3.05, 3.63) is 11.6 Å². The minimum Gasteiger partial charge on any atom is -0.313 e. The molecule has 0 aliphatic heterocycles. The highest BCUT2D eigenvalue weighted by atomic mass is 14.8. The van der Waals surface area contributed by atoms with E-state index in [1.807, 2.05) is 0 Å². The molecule has 4 aliphatic rings. The van der Waals surface area contributed by atoms with E-state index >= 15 is 0 Å². The summed E-state index contributed by atoms with van der Waals surface area (Å²) in [5, 5.41) is 7.08. The summed E-state index contributed by atoms with van der Waals surface area (Å²) in [6.07, 6.45) is 10.5. The van der Waals surface area contributed by atoms with E-state index in [-0.39, 0.29) is 0 Å². The van der Waals surface area contributed by atoms with Crippen molar-refractivity contribution in [1.29, 1.82) is 5.41 Å². The lowest BCUT2D eigenvalue weighted by Crippen LogP contribution is -2.11. The molecule has 0 radical (unpaired) electrons. The molecule has 4 fully saturated rings. The van der Waals surface area contributed by atoms with E-state index < -0.39 is 0 Å². The molecule has 88 valence electrons. The molecule has 1 heteroatoms. The van der Waals surface area contributed by atoms with E-state index in [9.17, 15) is 0 Å². The van der Waals surface area contributed by atoms with Crippen LogP contribution in [-0.4, -0.2) is 6.21 Å².